The number of carbonyl (C=O) groups is 1. The third-order valence-corrected chi connectivity index (χ3v) is 6.52. The Labute approximate surface area is 156 Å². The first-order chi connectivity index (χ1) is 12.3. The van der Waals surface area contributed by atoms with Crippen LogP contribution in [0.25, 0.3) is 0 Å². The molecule has 146 valence electrons. The number of ether oxygens (including phenoxy) is 1. The fourth-order valence-electron chi connectivity index (χ4n) is 4.90. The van der Waals surface area contributed by atoms with Crippen molar-refractivity contribution >= 4 is 5.97 Å². The van der Waals surface area contributed by atoms with E-state index in [2.05, 4.69) is 6.92 Å². The highest BCUT2D eigenvalue weighted by molar-refractivity contribution is 5.69. The van der Waals surface area contributed by atoms with Crippen molar-refractivity contribution < 1.29 is 9.53 Å². The summed E-state index contributed by atoms with van der Waals surface area (Å²) in [5.74, 6) is 1.65. The van der Waals surface area contributed by atoms with E-state index < -0.39 is 0 Å². The summed E-state index contributed by atoms with van der Waals surface area (Å²) in [6.45, 7) is 2.19. The number of unbranched alkanes of at least 4 members (excludes halogenated alkanes) is 2. The van der Waals surface area contributed by atoms with Crippen LogP contribution in [0.5, 0.6) is 0 Å². The predicted molar refractivity (Wildman–Crippen MR) is 106 cm³/mol. The molecule has 2 bridgehead atoms. The molecule has 0 spiro atoms. The highest BCUT2D eigenvalue weighted by Crippen LogP contribution is 2.32. The van der Waals surface area contributed by atoms with Gasteiger partial charge in [-0.1, -0.05) is 84.0 Å². The molecule has 0 aromatic carbocycles. The Kier molecular flexibility index (Phi) is 10.6. The highest BCUT2D eigenvalue weighted by atomic mass is 16.5. The zero-order chi connectivity index (χ0) is 17.7. The van der Waals surface area contributed by atoms with Crippen LogP contribution in [0.3, 0.4) is 0 Å². The van der Waals surface area contributed by atoms with Crippen LogP contribution >= 0.6 is 0 Å². The Bertz CT molecular complexity index is 338. The van der Waals surface area contributed by atoms with Crippen LogP contribution in [0.2, 0.25) is 0 Å². The van der Waals surface area contributed by atoms with Crippen molar-refractivity contribution in [2.75, 3.05) is 0 Å². The summed E-state index contributed by atoms with van der Waals surface area (Å²) in [6.07, 6.45) is 23.0. The molecule has 0 aromatic rings. The molecule has 0 aliphatic heterocycles. The molecule has 2 nitrogen and oxygen atoms in total. The van der Waals surface area contributed by atoms with Gasteiger partial charge in [0.25, 0.3) is 0 Å². The van der Waals surface area contributed by atoms with E-state index in [0.717, 1.165) is 25.2 Å². The van der Waals surface area contributed by atoms with Gasteiger partial charge in [0.15, 0.2) is 0 Å². The normalized spacial score (nSPS) is 29.6. The van der Waals surface area contributed by atoms with Gasteiger partial charge in [0.05, 0.1) is 0 Å². The molecule has 3 rings (SSSR count). The Morgan fingerprint density at radius 2 is 1.32 bits per heavy atom. The minimum absolute atomic E-state index is 0.0699. The van der Waals surface area contributed by atoms with Crippen LogP contribution in [0.15, 0.2) is 0 Å². The molecule has 2 heteroatoms. The minimum Gasteiger partial charge on any atom is -0.462 e. The van der Waals surface area contributed by atoms with Crippen LogP contribution in [0, 0.1) is 11.8 Å². The molecule has 1 atom stereocenters. The average molecular weight is 351 g/mol. The summed E-state index contributed by atoms with van der Waals surface area (Å²) < 4.78 is 6.06. The molecule has 3 aliphatic carbocycles. The quantitative estimate of drug-likeness (QED) is 0.387. The second-order valence-corrected chi connectivity index (χ2v) is 8.67. The molecule has 0 saturated heterocycles. The van der Waals surface area contributed by atoms with Crippen molar-refractivity contribution in [3.63, 3.8) is 0 Å². The Morgan fingerprint density at radius 1 is 0.760 bits per heavy atom. The van der Waals surface area contributed by atoms with Crippen LogP contribution in [-0.4, -0.2) is 12.1 Å². The number of carbonyl (C=O) groups excluding carboxylic acids is 1. The van der Waals surface area contributed by atoms with Gasteiger partial charge in [0.2, 0.25) is 0 Å². The first-order valence-corrected chi connectivity index (χ1v) is 11.5. The summed E-state index contributed by atoms with van der Waals surface area (Å²) in [6, 6.07) is 0. The average Bonchev–Trinajstić information content (AvgIpc) is 2.58. The van der Waals surface area contributed by atoms with Crippen LogP contribution in [-0.2, 0) is 9.53 Å². The lowest BCUT2D eigenvalue weighted by Crippen LogP contribution is -2.28. The number of hydrogen-bond donors (Lipinski definition) is 0. The van der Waals surface area contributed by atoms with Crippen molar-refractivity contribution in [1.29, 1.82) is 0 Å². The van der Waals surface area contributed by atoms with Crippen molar-refractivity contribution in [1.82, 2.24) is 0 Å². The fourth-order valence-corrected chi connectivity index (χ4v) is 4.90. The highest BCUT2D eigenvalue weighted by Gasteiger charge is 2.25. The summed E-state index contributed by atoms with van der Waals surface area (Å²) >= 11 is 0. The Balaban J connectivity index is 1.95. The van der Waals surface area contributed by atoms with Gasteiger partial charge in [-0.05, 0) is 43.9 Å². The first kappa shape index (κ1) is 20.8. The largest absolute Gasteiger partial charge is 0.462 e. The zero-order valence-corrected chi connectivity index (χ0v) is 16.8. The van der Waals surface area contributed by atoms with Gasteiger partial charge < -0.3 is 4.74 Å². The third kappa shape index (κ3) is 8.60. The summed E-state index contributed by atoms with van der Waals surface area (Å²) in [4.78, 5) is 12.3. The van der Waals surface area contributed by atoms with E-state index in [1.165, 1.54) is 89.9 Å². The van der Waals surface area contributed by atoms with E-state index in [-0.39, 0.29) is 12.1 Å². The van der Waals surface area contributed by atoms with Gasteiger partial charge in [-0.25, -0.2) is 0 Å². The number of fused-ring (bicyclic) bond motifs is 12. The van der Waals surface area contributed by atoms with Crippen LogP contribution in [0.4, 0.5) is 0 Å². The van der Waals surface area contributed by atoms with E-state index in [9.17, 15) is 4.79 Å². The van der Waals surface area contributed by atoms with Gasteiger partial charge in [-0.3, -0.25) is 4.79 Å². The third-order valence-electron chi connectivity index (χ3n) is 6.52. The second-order valence-electron chi connectivity index (χ2n) is 8.67. The van der Waals surface area contributed by atoms with Crippen molar-refractivity contribution in [2.45, 2.75) is 129 Å². The van der Waals surface area contributed by atoms with Crippen LogP contribution in [0.1, 0.15) is 122 Å². The van der Waals surface area contributed by atoms with Crippen molar-refractivity contribution in [3.8, 4) is 0 Å². The van der Waals surface area contributed by atoms with Crippen molar-refractivity contribution in [2.24, 2.45) is 11.8 Å². The number of rotatable bonds is 5. The van der Waals surface area contributed by atoms with Gasteiger partial charge in [0.1, 0.15) is 6.10 Å². The lowest BCUT2D eigenvalue weighted by Gasteiger charge is -2.29. The van der Waals surface area contributed by atoms with Gasteiger partial charge >= 0.3 is 5.97 Å². The maximum absolute atomic E-state index is 12.3. The number of esters is 1. The monoisotopic (exact) mass is 350 g/mol. The zero-order valence-electron chi connectivity index (χ0n) is 16.8. The molecule has 3 fully saturated rings. The molecule has 1 unspecified atom stereocenters. The second kappa shape index (κ2) is 12.8. The maximum Gasteiger partial charge on any atom is 0.306 e. The van der Waals surface area contributed by atoms with Gasteiger partial charge in [0, 0.05) is 6.42 Å². The van der Waals surface area contributed by atoms with Crippen LogP contribution < -0.4 is 0 Å². The Hall–Kier alpha value is -0.530. The van der Waals surface area contributed by atoms with Gasteiger partial charge in [-0.15, -0.1) is 0 Å². The van der Waals surface area contributed by atoms with E-state index in [1.807, 2.05) is 0 Å². The maximum atomic E-state index is 12.3. The van der Waals surface area contributed by atoms with E-state index >= 15 is 0 Å². The molecular formula is C23H42O2. The molecule has 0 radical (unpaired) electrons. The molecular weight excluding hydrogens is 308 g/mol. The fraction of sp³-hybridized carbons (Fsp3) is 0.957. The molecule has 3 aliphatic rings. The minimum atomic E-state index is 0.0699. The summed E-state index contributed by atoms with van der Waals surface area (Å²) in [7, 11) is 0. The SMILES string of the molecule is CCCCCC(=O)OC1CCCCC2CCCCCC1CCCCC2. The molecule has 3 saturated carbocycles. The van der Waals surface area contributed by atoms with E-state index in [1.54, 1.807) is 0 Å². The van der Waals surface area contributed by atoms with E-state index in [4.69, 9.17) is 4.74 Å². The Morgan fingerprint density at radius 3 is 1.96 bits per heavy atom. The molecule has 0 heterocycles. The standard InChI is InChI=1S/C23H42O2/c1-2-3-6-19-23(24)25-22-18-12-11-15-20-13-7-4-9-16-21(22)17-10-5-8-14-20/h20-22H,2-19H2,1H3. The summed E-state index contributed by atoms with van der Waals surface area (Å²) in [5, 5.41) is 0. The first-order valence-electron chi connectivity index (χ1n) is 11.5. The molecule has 0 N–H and O–H groups in total. The molecule has 25 heavy (non-hydrogen) atoms. The number of hydrogen-bond acceptors (Lipinski definition) is 2. The molecule has 0 aromatic heterocycles. The van der Waals surface area contributed by atoms with Crippen molar-refractivity contribution in [3.05, 3.63) is 0 Å². The molecule has 0 amide bonds. The van der Waals surface area contributed by atoms with Gasteiger partial charge in [-0.2, -0.15) is 0 Å². The topological polar surface area (TPSA) is 26.3 Å². The lowest BCUT2D eigenvalue weighted by atomic mass is 9.82. The summed E-state index contributed by atoms with van der Waals surface area (Å²) in [5.41, 5.74) is 0. The smallest absolute Gasteiger partial charge is 0.306 e. The van der Waals surface area contributed by atoms with E-state index in [0.29, 0.717) is 12.3 Å². The lowest BCUT2D eigenvalue weighted by molar-refractivity contribution is -0.153. The predicted octanol–water partition coefficient (Wildman–Crippen LogP) is 7.20.